The van der Waals surface area contributed by atoms with Gasteiger partial charge in [0.25, 0.3) is 0 Å². The lowest BCUT2D eigenvalue weighted by molar-refractivity contribution is -0.129. The fraction of sp³-hybridized carbons (Fsp3) is 0.533. The van der Waals surface area contributed by atoms with Crippen LogP contribution in [0, 0.1) is 0 Å². The van der Waals surface area contributed by atoms with Crippen LogP contribution < -0.4 is 4.90 Å². The standard InChI is InChI=1S/C15H20ClN3O2/c1-2-14(20)19(13-5-3-4-8-17-13)12-6-9-18(10-7-12)15(21)11-16/h3-5,8,12H,2,6-7,9-11H2,1H3. The van der Waals surface area contributed by atoms with Crippen LogP contribution in [0.2, 0.25) is 0 Å². The van der Waals surface area contributed by atoms with E-state index in [0.717, 1.165) is 12.8 Å². The zero-order valence-electron chi connectivity index (χ0n) is 12.2. The molecule has 21 heavy (non-hydrogen) atoms. The number of alkyl halides is 1. The lowest BCUT2D eigenvalue weighted by Crippen LogP contribution is -2.49. The smallest absolute Gasteiger partial charge is 0.237 e. The Morgan fingerprint density at radius 3 is 2.62 bits per heavy atom. The summed E-state index contributed by atoms with van der Waals surface area (Å²) in [6.45, 7) is 3.12. The van der Waals surface area contributed by atoms with Crippen LogP contribution in [0.4, 0.5) is 5.82 Å². The summed E-state index contributed by atoms with van der Waals surface area (Å²) in [7, 11) is 0. The molecule has 0 bridgehead atoms. The molecule has 0 saturated carbocycles. The molecule has 0 atom stereocenters. The number of amides is 2. The van der Waals surface area contributed by atoms with Gasteiger partial charge in [-0.25, -0.2) is 4.98 Å². The van der Waals surface area contributed by atoms with Crippen molar-refractivity contribution in [3.05, 3.63) is 24.4 Å². The van der Waals surface area contributed by atoms with E-state index in [1.807, 2.05) is 25.1 Å². The summed E-state index contributed by atoms with van der Waals surface area (Å²) in [6.07, 6.45) is 3.64. The molecule has 1 aromatic rings. The first-order chi connectivity index (χ1) is 10.2. The maximum absolute atomic E-state index is 12.3. The maximum atomic E-state index is 12.3. The van der Waals surface area contributed by atoms with E-state index in [-0.39, 0.29) is 23.7 Å². The molecule has 1 saturated heterocycles. The van der Waals surface area contributed by atoms with Gasteiger partial charge in [0.2, 0.25) is 11.8 Å². The van der Waals surface area contributed by atoms with Gasteiger partial charge in [-0.3, -0.25) is 14.5 Å². The molecule has 2 rings (SSSR count). The van der Waals surface area contributed by atoms with Crippen LogP contribution in [0.5, 0.6) is 0 Å². The Balaban J connectivity index is 2.10. The van der Waals surface area contributed by atoms with Crippen molar-refractivity contribution in [1.29, 1.82) is 0 Å². The Morgan fingerprint density at radius 1 is 1.38 bits per heavy atom. The van der Waals surface area contributed by atoms with E-state index in [2.05, 4.69) is 4.98 Å². The molecule has 1 aliphatic heterocycles. The highest BCUT2D eigenvalue weighted by atomic mass is 35.5. The van der Waals surface area contributed by atoms with Gasteiger partial charge in [-0.05, 0) is 25.0 Å². The molecule has 1 aliphatic rings. The van der Waals surface area contributed by atoms with E-state index in [0.29, 0.717) is 25.3 Å². The fourth-order valence-corrected chi connectivity index (χ4v) is 2.81. The second-order valence-corrected chi connectivity index (χ2v) is 5.32. The molecule has 2 amide bonds. The van der Waals surface area contributed by atoms with Crippen LogP contribution in [0.3, 0.4) is 0 Å². The van der Waals surface area contributed by atoms with Crippen molar-refractivity contribution < 1.29 is 9.59 Å². The van der Waals surface area contributed by atoms with Gasteiger partial charge < -0.3 is 4.90 Å². The minimum Gasteiger partial charge on any atom is -0.342 e. The van der Waals surface area contributed by atoms with Gasteiger partial charge in [-0.1, -0.05) is 13.0 Å². The quantitative estimate of drug-likeness (QED) is 0.800. The Morgan fingerprint density at radius 2 is 2.10 bits per heavy atom. The van der Waals surface area contributed by atoms with Crippen molar-refractivity contribution in [2.24, 2.45) is 0 Å². The van der Waals surface area contributed by atoms with Gasteiger partial charge in [0.05, 0.1) is 0 Å². The van der Waals surface area contributed by atoms with Gasteiger partial charge in [0.1, 0.15) is 11.7 Å². The molecule has 1 fully saturated rings. The number of halogens is 1. The largest absolute Gasteiger partial charge is 0.342 e. The topological polar surface area (TPSA) is 53.5 Å². The normalized spacial score (nSPS) is 15.8. The zero-order chi connectivity index (χ0) is 15.2. The molecular weight excluding hydrogens is 290 g/mol. The molecule has 6 heteroatoms. The number of anilines is 1. The Hall–Kier alpha value is -1.62. The van der Waals surface area contributed by atoms with Gasteiger partial charge in [0.15, 0.2) is 0 Å². The molecular formula is C15H20ClN3O2. The van der Waals surface area contributed by atoms with Crippen LogP contribution in [0.1, 0.15) is 26.2 Å². The summed E-state index contributed by atoms with van der Waals surface area (Å²) >= 11 is 5.59. The van der Waals surface area contributed by atoms with Gasteiger partial charge >= 0.3 is 0 Å². The first-order valence-corrected chi connectivity index (χ1v) is 7.77. The highest BCUT2D eigenvalue weighted by Crippen LogP contribution is 2.23. The summed E-state index contributed by atoms with van der Waals surface area (Å²) in [4.78, 5) is 31.7. The van der Waals surface area contributed by atoms with Crippen LogP contribution in [0.25, 0.3) is 0 Å². The average molecular weight is 310 g/mol. The molecule has 1 aromatic heterocycles. The van der Waals surface area contributed by atoms with Crippen molar-refractivity contribution in [1.82, 2.24) is 9.88 Å². The van der Waals surface area contributed by atoms with Crippen molar-refractivity contribution >= 4 is 29.2 Å². The van der Waals surface area contributed by atoms with Crippen molar-refractivity contribution in [3.63, 3.8) is 0 Å². The summed E-state index contributed by atoms with van der Waals surface area (Å²) in [5, 5.41) is 0. The van der Waals surface area contributed by atoms with Crippen LogP contribution >= 0.6 is 11.6 Å². The third-order valence-electron chi connectivity index (χ3n) is 3.76. The highest BCUT2D eigenvalue weighted by Gasteiger charge is 2.30. The summed E-state index contributed by atoms with van der Waals surface area (Å²) < 4.78 is 0. The third kappa shape index (κ3) is 3.73. The second kappa shape index (κ2) is 7.41. The Kier molecular flexibility index (Phi) is 5.56. The third-order valence-corrected chi connectivity index (χ3v) is 3.99. The summed E-state index contributed by atoms with van der Waals surface area (Å²) in [5.41, 5.74) is 0. The predicted octanol–water partition coefficient (Wildman–Crippen LogP) is 2.05. The number of nitrogens with zero attached hydrogens (tertiary/aromatic N) is 3. The number of hydrogen-bond donors (Lipinski definition) is 0. The number of likely N-dealkylation sites (tertiary alicyclic amines) is 1. The number of rotatable bonds is 4. The first-order valence-electron chi connectivity index (χ1n) is 7.24. The molecule has 0 radical (unpaired) electrons. The molecule has 0 N–H and O–H groups in total. The van der Waals surface area contributed by atoms with Gasteiger partial charge in [-0.2, -0.15) is 0 Å². The number of piperidine rings is 1. The monoisotopic (exact) mass is 309 g/mol. The lowest BCUT2D eigenvalue weighted by Gasteiger charge is -2.37. The Labute approximate surface area is 129 Å². The van der Waals surface area contributed by atoms with E-state index >= 15 is 0 Å². The minimum absolute atomic E-state index is 0.0164. The van der Waals surface area contributed by atoms with E-state index in [1.54, 1.807) is 16.0 Å². The lowest BCUT2D eigenvalue weighted by atomic mass is 10.0. The predicted molar refractivity (Wildman–Crippen MR) is 82.3 cm³/mol. The number of pyridine rings is 1. The molecule has 2 heterocycles. The van der Waals surface area contributed by atoms with E-state index in [4.69, 9.17) is 11.6 Å². The molecule has 0 unspecified atom stereocenters. The average Bonchev–Trinajstić information content (AvgIpc) is 2.55. The Bertz CT molecular complexity index is 487. The SMILES string of the molecule is CCC(=O)N(c1ccccn1)C1CCN(C(=O)CCl)CC1. The van der Waals surface area contributed by atoms with E-state index in [9.17, 15) is 9.59 Å². The van der Waals surface area contributed by atoms with Crippen LogP contribution in [-0.4, -0.2) is 46.7 Å². The number of carbonyl (C=O) groups is 2. The first kappa shape index (κ1) is 15.8. The van der Waals surface area contributed by atoms with Crippen LogP contribution in [0.15, 0.2) is 24.4 Å². The maximum Gasteiger partial charge on any atom is 0.237 e. The number of aromatic nitrogens is 1. The molecule has 0 spiro atoms. The second-order valence-electron chi connectivity index (χ2n) is 5.05. The van der Waals surface area contributed by atoms with Gasteiger partial charge in [-0.15, -0.1) is 11.6 Å². The van der Waals surface area contributed by atoms with Crippen molar-refractivity contribution in [2.75, 3.05) is 23.9 Å². The van der Waals surface area contributed by atoms with Crippen molar-refractivity contribution in [2.45, 2.75) is 32.2 Å². The van der Waals surface area contributed by atoms with Gasteiger partial charge in [0, 0.05) is 31.7 Å². The fourth-order valence-electron chi connectivity index (χ4n) is 2.64. The molecule has 0 aromatic carbocycles. The summed E-state index contributed by atoms with van der Waals surface area (Å²) in [5.74, 6) is 0.728. The summed E-state index contributed by atoms with van der Waals surface area (Å²) in [6, 6.07) is 5.65. The molecule has 0 aliphatic carbocycles. The van der Waals surface area contributed by atoms with E-state index in [1.165, 1.54) is 0 Å². The molecule has 114 valence electrons. The van der Waals surface area contributed by atoms with Crippen molar-refractivity contribution in [3.8, 4) is 0 Å². The minimum atomic E-state index is -0.0404. The highest BCUT2D eigenvalue weighted by molar-refractivity contribution is 6.27. The number of hydrogen-bond acceptors (Lipinski definition) is 3. The van der Waals surface area contributed by atoms with Crippen LogP contribution in [-0.2, 0) is 9.59 Å². The number of carbonyl (C=O) groups excluding carboxylic acids is 2. The molecule has 5 nitrogen and oxygen atoms in total. The zero-order valence-corrected chi connectivity index (χ0v) is 12.9. The van der Waals surface area contributed by atoms with E-state index < -0.39 is 0 Å².